The number of carbonyl (C=O) groups is 3. The van der Waals surface area contributed by atoms with Gasteiger partial charge in [-0.1, -0.05) is 65.9 Å². The Labute approximate surface area is 235 Å². The number of aromatic nitrogens is 1. The summed E-state index contributed by atoms with van der Waals surface area (Å²) in [5.74, 6) is -2.01. The summed E-state index contributed by atoms with van der Waals surface area (Å²) >= 11 is 0.956. The third-order valence-corrected chi connectivity index (χ3v) is 7.84. The molecule has 3 aromatic carbocycles. The standard InChI is InChI=1S/C31H26N2O6S/c1-18-9-7-8-12-22(18)17-39-23-15-13-21(14-16-23)26(34)24-25(20-10-5-4-6-11-20)33(29(36)27(24)35)31-32-19(2)28(40-31)30(37)38-3/h4-16,25,34H,17H2,1-3H3. The molecule has 1 unspecified atom stereocenters. The molecule has 1 aliphatic rings. The highest BCUT2D eigenvalue weighted by atomic mass is 32.1. The van der Waals surface area contributed by atoms with E-state index in [4.69, 9.17) is 9.47 Å². The maximum absolute atomic E-state index is 13.4. The van der Waals surface area contributed by atoms with Gasteiger partial charge in [0.25, 0.3) is 5.78 Å². The summed E-state index contributed by atoms with van der Waals surface area (Å²) < 4.78 is 10.7. The average Bonchev–Trinajstić information content (AvgIpc) is 3.48. The lowest BCUT2D eigenvalue weighted by Gasteiger charge is -2.23. The summed E-state index contributed by atoms with van der Waals surface area (Å²) in [6.07, 6.45) is 0. The van der Waals surface area contributed by atoms with E-state index < -0.39 is 23.7 Å². The molecule has 1 amide bonds. The minimum absolute atomic E-state index is 0.0720. The van der Waals surface area contributed by atoms with E-state index in [9.17, 15) is 19.5 Å². The Morgan fingerprint density at radius 2 is 1.65 bits per heavy atom. The zero-order chi connectivity index (χ0) is 28.4. The molecule has 0 saturated carbocycles. The van der Waals surface area contributed by atoms with Crippen molar-refractivity contribution < 1.29 is 29.0 Å². The predicted molar refractivity (Wildman–Crippen MR) is 151 cm³/mol. The quantitative estimate of drug-likeness (QED) is 0.134. The normalized spacial score (nSPS) is 16.3. The fraction of sp³-hybridized carbons (Fsp3) is 0.161. The molecule has 0 bridgehead atoms. The van der Waals surface area contributed by atoms with Crippen molar-refractivity contribution in [3.63, 3.8) is 0 Å². The summed E-state index contributed by atoms with van der Waals surface area (Å²) in [4.78, 5) is 44.8. The third-order valence-electron chi connectivity index (χ3n) is 6.71. The number of aliphatic hydroxyl groups is 1. The van der Waals surface area contributed by atoms with Crippen molar-refractivity contribution in [2.75, 3.05) is 12.0 Å². The number of nitrogens with zero attached hydrogens (tertiary/aromatic N) is 2. The van der Waals surface area contributed by atoms with E-state index in [0.29, 0.717) is 29.2 Å². The summed E-state index contributed by atoms with van der Waals surface area (Å²) in [7, 11) is 1.26. The lowest BCUT2D eigenvalue weighted by atomic mass is 9.95. The third kappa shape index (κ3) is 4.99. The molecular formula is C31H26N2O6S. The number of amides is 1. The monoisotopic (exact) mass is 554 g/mol. The Kier molecular flexibility index (Phi) is 7.48. The van der Waals surface area contributed by atoms with Crippen molar-refractivity contribution >= 4 is 39.9 Å². The number of esters is 1. The van der Waals surface area contributed by atoms with E-state index in [0.717, 1.165) is 22.5 Å². The number of benzene rings is 3. The highest BCUT2D eigenvalue weighted by Crippen LogP contribution is 2.44. The van der Waals surface area contributed by atoms with Crippen LogP contribution in [0.25, 0.3) is 5.76 Å². The molecule has 40 heavy (non-hydrogen) atoms. The Bertz CT molecular complexity index is 1630. The molecule has 4 aromatic rings. The Hall–Kier alpha value is -4.76. The van der Waals surface area contributed by atoms with Gasteiger partial charge in [-0.2, -0.15) is 0 Å². The predicted octanol–water partition coefficient (Wildman–Crippen LogP) is 5.75. The molecule has 202 valence electrons. The number of aryl methyl sites for hydroxylation is 2. The van der Waals surface area contributed by atoms with E-state index >= 15 is 0 Å². The lowest BCUT2D eigenvalue weighted by molar-refractivity contribution is -0.132. The van der Waals surface area contributed by atoms with Gasteiger partial charge in [-0.3, -0.25) is 14.5 Å². The molecule has 8 nitrogen and oxygen atoms in total. The van der Waals surface area contributed by atoms with E-state index in [1.807, 2.05) is 37.3 Å². The van der Waals surface area contributed by atoms with Crippen LogP contribution >= 0.6 is 11.3 Å². The van der Waals surface area contributed by atoms with Gasteiger partial charge in [-0.25, -0.2) is 9.78 Å². The highest BCUT2D eigenvalue weighted by Gasteiger charge is 2.48. The Morgan fingerprint density at radius 3 is 2.33 bits per heavy atom. The van der Waals surface area contributed by atoms with Crippen molar-refractivity contribution in [2.45, 2.75) is 26.5 Å². The van der Waals surface area contributed by atoms with Crippen molar-refractivity contribution in [3.8, 4) is 5.75 Å². The molecule has 0 aliphatic carbocycles. The molecule has 1 aliphatic heterocycles. The van der Waals surface area contributed by atoms with Gasteiger partial charge in [-0.05, 0) is 54.8 Å². The van der Waals surface area contributed by atoms with Gasteiger partial charge in [-0.15, -0.1) is 0 Å². The smallest absolute Gasteiger partial charge is 0.350 e. The topological polar surface area (TPSA) is 106 Å². The van der Waals surface area contributed by atoms with Crippen molar-refractivity contribution in [2.24, 2.45) is 0 Å². The van der Waals surface area contributed by atoms with Crippen LogP contribution in [0.3, 0.4) is 0 Å². The summed E-state index contributed by atoms with van der Waals surface area (Å²) in [5.41, 5.74) is 3.45. The first-order valence-electron chi connectivity index (χ1n) is 12.5. The van der Waals surface area contributed by atoms with Gasteiger partial charge in [0.15, 0.2) is 5.13 Å². The van der Waals surface area contributed by atoms with Crippen LogP contribution in [-0.4, -0.2) is 34.9 Å². The first-order valence-corrected chi connectivity index (χ1v) is 13.3. The Morgan fingerprint density at radius 1 is 0.975 bits per heavy atom. The molecule has 1 fully saturated rings. The first kappa shape index (κ1) is 26.8. The van der Waals surface area contributed by atoms with Gasteiger partial charge >= 0.3 is 11.9 Å². The zero-order valence-corrected chi connectivity index (χ0v) is 22.9. The molecule has 1 N–H and O–H groups in total. The second-order valence-electron chi connectivity index (χ2n) is 9.22. The minimum Gasteiger partial charge on any atom is -0.507 e. The van der Waals surface area contributed by atoms with E-state index in [-0.39, 0.29) is 21.3 Å². The number of hydrogen-bond donors (Lipinski definition) is 1. The van der Waals surface area contributed by atoms with Crippen LogP contribution in [0.4, 0.5) is 5.13 Å². The average molecular weight is 555 g/mol. The number of rotatable bonds is 7. The number of thiazole rings is 1. The molecule has 5 rings (SSSR count). The number of hydrogen-bond acceptors (Lipinski definition) is 8. The van der Waals surface area contributed by atoms with Crippen molar-refractivity contribution in [1.82, 2.24) is 4.98 Å². The van der Waals surface area contributed by atoms with E-state index in [1.165, 1.54) is 12.0 Å². The van der Waals surface area contributed by atoms with Crippen molar-refractivity contribution in [3.05, 3.63) is 117 Å². The molecule has 2 heterocycles. The maximum Gasteiger partial charge on any atom is 0.350 e. The largest absolute Gasteiger partial charge is 0.507 e. The van der Waals surface area contributed by atoms with Crippen LogP contribution in [0.5, 0.6) is 5.75 Å². The minimum atomic E-state index is -0.950. The fourth-order valence-corrected chi connectivity index (χ4v) is 5.56. The van der Waals surface area contributed by atoms with Crippen LogP contribution in [0.1, 0.15) is 43.7 Å². The van der Waals surface area contributed by atoms with Crippen LogP contribution in [0.2, 0.25) is 0 Å². The van der Waals surface area contributed by atoms with Crippen molar-refractivity contribution in [1.29, 1.82) is 0 Å². The summed E-state index contributed by atoms with van der Waals surface area (Å²) in [5, 5.41) is 11.5. The highest BCUT2D eigenvalue weighted by molar-refractivity contribution is 7.17. The Balaban J connectivity index is 1.52. The van der Waals surface area contributed by atoms with Gasteiger partial charge in [0.2, 0.25) is 0 Å². The van der Waals surface area contributed by atoms with Gasteiger partial charge in [0.05, 0.1) is 24.4 Å². The number of Topliss-reactive ketones (excluding diaryl/α,β-unsaturated/α-hetero) is 1. The van der Waals surface area contributed by atoms with E-state index in [1.54, 1.807) is 55.5 Å². The zero-order valence-electron chi connectivity index (χ0n) is 22.1. The molecule has 0 spiro atoms. The first-order chi connectivity index (χ1) is 19.3. The van der Waals surface area contributed by atoms with Crippen LogP contribution in [0, 0.1) is 13.8 Å². The van der Waals surface area contributed by atoms with Crippen LogP contribution in [0.15, 0.2) is 84.4 Å². The lowest BCUT2D eigenvalue weighted by Crippen LogP contribution is -2.29. The molecule has 0 radical (unpaired) electrons. The number of carbonyl (C=O) groups excluding carboxylic acids is 3. The van der Waals surface area contributed by atoms with Gasteiger partial charge in [0, 0.05) is 5.56 Å². The number of aliphatic hydroxyl groups excluding tert-OH is 1. The number of methoxy groups -OCH3 is 1. The van der Waals surface area contributed by atoms with Crippen LogP contribution in [-0.2, 0) is 20.9 Å². The number of ketones is 1. The number of anilines is 1. The molecule has 1 aromatic heterocycles. The van der Waals surface area contributed by atoms with E-state index in [2.05, 4.69) is 4.98 Å². The second-order valence-corrected chi connectivity index (χ2v) is 10.2. The molecule has 1 saturated heterocycles. The second kappa shape index (κ2) is 11.2. The molecule has 1 atom stereocenters. The molecular weight excluding hydrogens is 528 g/mol. The summed E-state index contributed by atoms with van der Waals surface area (Å²) in [6.45, 7) is 4.03. The van der Waals surface area contributed by atoms with Gasteiger partial charge < -0.3 is 14.6 Å². The summed E-state index contributed by atoms with van der Waals surface area (Å²) in [6, 6.07) is 22.6. The number of ether oxygens (including phenoxy) is 2. The van der Waals surface area contributed by atoms with Gasteiger partial charge in [0.1, 0.15) is 23.0 Å². The fourth-order valence-electron chi connectivity index (χ4n) is 4.55. The SMILES string of the molecule is COC(=O)c1sc(N2C(=O)C(=O)C(=C(O)c3ccc(OCc4ccccc4C)cc3)C2c2ccccc2)nc1C. The molecule has 9 heteroatoms. The maximum atomic E-state index is 13.4. The van der Waals surface area contributed by atoms with Crippen LogP contribution < -0.4 is 9.64 Å².